The van der Waals surface area contributed by atoms with Crippen LogP contribution in [0.3, 0.4) is 0 Å². The summed E-state index contributed by atoms with van der Waals surface area (Å²) >= 11 is 0. The number of nitrogens with one attached hydrogen (secondary N) is 1. The normalized spacial score (nSPS) is 16.2. The lowest BCUT2D eigenvalue weighted by Gasteiger charge is -2.33. The lowest BCUT2D eigenvalue weighted by Crippen LogP contribution is -2.38. The van der Waals surface area contributed by atoms with Gasteiger partial charge >= 0.3 is 5.97 Å². The van der Waals surface area contributed by atoms with Gasteiger partial charge in [0.15, 0.2) is 0 Å². The van der Waals surface area contributed by atoms with E-state index in [4.69, 9.17) is 9.47 Å². The Kier molecular flexibility index (Phi) is 6.65. The van der Waals surface area contributed by atoms with Crippen molar-refractivity contribution < 1.29 is 27.8 Å². The number of nitrogens with zero attached hydrogens (tertiary/aromatic N) is 5. The predicted molar refractivity (Wildman–Crippen MR) is 122 cm³/mol. The average Bonchev–Trinajstić information content (AvgIpc) is 3.38. The molecule has 0 aliphatic carbocycles. The van der Waals surface area contributed by atoms with E-state index in [1.54, 1.807) is 18.2 Å². The average molecular weight is 489 g/mol. The summed E-state index contributed by atoms with van der Waals surface area (Å²) in [5, 5.41) is 21.2. The number of ether oxygens (including phenoxy) is 2. The van der Waals surface area contributed by atoms with Crippen LogP contribution in [0.15, 0.2) is 47.6 Å². The number of aliphatic hydroxyl groups is 1. The highest BCUT2D eigenvalue weighted by Crippen LogP contribution is 2.34. The largest absolute Gasteiger partial charge is 0.495 e. The van der Waals surface area contributed by atoms with Crippen LogP contribution in [0.4, 0.5) is 11.4 Å². The quantitative estimate of drug-likeness (QED) is 0.465. The van der Waals surface area contributed by atoms with E-state index in [1.165, 1.54) is 43.4 Å². The Bertz CT molecular complexity index is 1280. The molecule has 0 spiro atoms. The molecule has 2 aromatic carbocycles. The summed E-state index contributed by atoms with van der Waals surface area (Å²) in [4.78, 5) is 13.7. The zero-order valence-electron chi connectivity index (χ0n) is 18.6. The maximum absolute atomic E-state index is 13.5. The van der Waals surface area contributed by atoms with Gasteiger partial charge in [0.2, 0.25) is 0 Å². The molecule has 180 valence electrons. The summed E-state index contributed by atoms with van der Waals surface area (Å²) in [6.07, 6.45) is 2.31. The van der Waals surface area contributed by atoms with E-state index in [9.17, 15) is 18.3 Å². The van der Waals surface area contributed by atoms with Crippen LogP contribution < -0.4 is 14.4 Å². The van der Waals surface area contributed by atoms with Crippen LogP contribution in [0.2, 0.25) is 0 Å². The molecule has 1 saturated heterocycles. The van der Waals surface area contributed by atoms with Gasteiger partial charge in [-0.15, -0.1) is 5.10 Å². The molecule has 1 aliphatic rings. The fourth-order valence-electron chi connectivity index (χ4n) is 3.81. The molecule has 0 radical (unpaired) electrons. The number of carbonyl (C=O) groups excluding carboxylic acids is 1. The molecule has 34 heavy (non-hydrogen) atoms. The summed E-state index contributed by atoms with van der Waals surface area (Å²) in [7, 11) is -1.66. The number of tetrazole rings is 1. The molecule has 1 aliphatic heterocycles. The van der Waals surface area contributed by atoms with Crippen LogP contribution in [-0.4, -0.2) is 73.1 Å². The lowest BCUT2D eigenvalue weighted by molar-refractivity contribution is 0.0600. The fourth-order valence-corrected chi connectivity index (χ4v) is 5.07. The van der Waals surface area contributed by atoms with Crippen LogP contribution in [0.1, 0.15) is 23.2 Å². The number of carbonyl (C=O) groups is 1. The first-order chi connectivity index (χ1) is 16.3. The van der Waals surface area contributed by atoms with Gasteiger partial charge < -0.3 is 19.5 Å². The van der Waals surface area contributed by atoms with Crippen molar-refractivity contribution in [1.29, 1.82) is 0 Å². The van der Waals surface area contributed by atoms with Crippen molar-refractivity contribution in [3.63, 3.8) is 0 Å². The highest BCUT2D eigenvalue weighted by Gasteiger charge is 2.26. The molecule has 2 N–H and O–H groups in total. The SMILES string of the molecule is COC(=O)c1ccc(OC)c(S(=O)(=O)Nc2cc(-n3cnnn3)ccc2N2CCC[C@H](O)C2)c1. The van der Waals surface area contributed by atoms with Crippen LogP contribution in [0, 0.1) is 0 Å². The lowest BCUT2D eigenvalue weighted by atomic mass is 10.1. The maximum Gasteiger partial charge on any atom is 0.337 e. The van der Waals surface area contributed by atoms with Crippen LogP contribution in [-0.2, 0) is 14.8 Å². The van der Waals surface area contributed by atoms with Crippen LogP contribution in [0.5, 0.6) is 5.75 Å². The molecule has 0 bridgehead atoms. The van der Waals surface area contributed by atoms with Crippen molar-refractivity contribution >= 4 is 27.4 Å². The van der Waals surface area contributed by atoms with Gasteiger partial charge in [0.05, 0.1) is 42.9 Å². The molecular weight excluding hydrogens is 464 g/mol. The number of anilines is 2. The third-order valence-corrected chi connectivity index (χ3v) is 6.84. The minimum absolute atomic E-state index is 0.0606. The number of sulfonamides is 1. The predicted octanol–water partition coefficient (Wildman–Crippen LogP) is 1.22. The van der Waals surface area contributed by atoms with Gasteiger partial charge in [0.1, 0.15) is 17.0 Å². The summed E-state index contributed by atoms with van der Waals surface area (Å²) in [6.45, 7) is 1.01. The second-order valence-electron chi connectivity index (χ2n) is 7.66. The third-order valence-electron chi connectivity index (χ3n) is 5.45. The standard InChI is InChI=1S/C21H24N6O6S/c1-32-19-8-5-14(21(29)33-2)10-20(19)34(30,31)23-17-11-15(27-13-22-24-25-27)6-7-18(17)26-9-3-4-16(28)12-26/h5-8,10-11,13,16,23,28H,3-4,9,12H2,1-2H3/t16-/m0/s1. The van der Waals surface area contributed by atoms with Gasteiger partial charge in [-0.1, -0.05) is 0 Å². The highest BCUT2D eigenvalue weighted by molar-refractivity contribution is 7.92. The Balaban J connectivity index is 1.78. The molecule has 1 atom stereocenters. The second-order valence-corrected chi connectivity index (χ2v) is 9.31. The Morgan fingerprint density at radius 3 is 2.71 bits per heavy atom. The molecule has 2 heterocycles. The smallest absolute Gasteiger partial charge is 0.337 e. The molecule has 12 nitrogen and oxygen atoms in total. The topological polar surface area (TPSA) is 149 Å². The Hall–Kier alpha value is -3.71. The Labute approximate surface area is 196 Å². The first-order valence-corrected chi connectivity index (χ1v) is 11.9. The van der Waals surface area contributed by atoms with E-state index in [2.05, 4.69) is 20.2 Å². The molecule has 3 aromatic rings. The Morgan fingerprint density at radius 1 is 1.21 bits per heavy atom. The van der Waals surface area contributed by atoms with E-state index in [0.717, 1.165) is 6.42 Å². The van der Waals surface area contributed by atoms with Crippen molar-refractivity contribution in [2.75, 3.05) is 36.9 Å². The number of piperidine rings is 1. The van der Waals surface area contributed by atoms with Gasteiger partial charge in [-0.25, -0.2) is 17.9 Å². The molecule has 0 saturated carbocycles. The number of methoxy groups -OCH3 is 2. The van der Waals surface area contributed by atoms with Gasteiger partial charge in [0, 0.05) is 13.1 Å². The molecule has 13 heteroatoms. The molecule has 0 amide bonds. The summed E-state index contributed by atoms with van der Waals surface area (Å²) < 4.78 is 40.9. The number of β-amino-alcohol motifs (C(OH)–C–C–N with tert-alkyl or cyclic N) is 1. The summed E-state index contributed by atoms with van der Waals surface area (Å²) in [6, 6.07) is 9.10. The van der Waals surface area contributed by atoms with Gasteiger partial charge in [-0.3, -0.25) is 4.72 Å². The molecule has 1 fully saturated rings. The minimum atomic E-state index is -4.21. The Morgan fingerprint density at radius 2 is 2.03 bits per heavy atom. The number of rotatable bonds is 7. The molecule has 0 unspecified atom stereocenters. The molecule has 1 aromatic heterocycles. The van der Waals surface area contributed by atoms with Gasteiger partial charge in [-0.2, -0.15) is 0 Å². The van der Waals surface area contributed by atoms with E-state index >= 15 is 0 Å². The highest BCUT2D eigenvalue weighted by atomic mass is 32.2. The first kappa shape index (κ1) is 23.4. The number of hydrogen-bond acceptors (Lipinski definition) is 10. The molecular formula is C21H24N6O6S. The van der Waals surface area contributed by atoms with E-state index in [1.807, 2.05) is 4.90 Å². The second kappa shape index (κ2) is 9.65. The van der Waals surface area contributed by atoms with Crippen molar-refractivity contribution in [1.82, 2.24) is 20.2 Å². The van der Waals surface area contributed by atoms with Crippen LogP contribution in [0.25, 0.3) is 5.69 Å². The van der Waals surface area contributed by atoms with Crippen molar-refractivity contribution in [2.45, 2.75) is 23.8 Å². The van der Waals surface area contributed by atoms with E-state index in [-0.39, 0.29) is 21.9 Å². The number of hydrogen-bond donors (Lipinski definition) is 2. The zero-order valence-corrected chi connectivity index (χ0v) is 19.4. The minimum Gasteiger partial charge on any atom is -0.495 e. The zero-order chi connectivity index (χ0) is 24.3. The van der Waals surface area contributed by atoms with Crippen molar-refractivity contribution in [3.05, 3.63) is 48.3 Å². The number of benzene rings is 2. The summed E-state index contributed by atoms with van der Waals surface area (Å²) in [5.74, 6) is -0.616. The monoisotopic (exact) mass is 488 g/mol. The van der Waals surface area contributed by atoms with Crippen molar-refractivity contribution in [3.8, 4) is 11.4 Å². The number of esters is 1. The van der Waals surface area contributed by atoms with Crippen LogP contribution >= 0.6 is 0 Å². The van der Waals surface area contributed by atoms with Gasteiger partial charge in [-0.05, 0) is 59.7 Å². The van der Waals surface area contributed by atoms with E-state index < -0.39 is 22.1 Å². The fraction of sp³-hybridized carbons (Fsp3) is 0.333. The van der Waals surface area contributed by atoms with Crippen molar-refractivity contribution in [2.24, 2.45) is 0 Å². The maximum atomic E-state index is 13.5. The number of aromatic nitrogens is 4. The number of aliphatic hydroxyl groups excluding tert-OH is 1. The van der Waals surface area contributed by atoms with E-state index in [0.29, 0.717) is 30.9 Å². The molecule has 4 rings (SSSR count). The third kappa shape index (κ3) is 4.79. The summed E-state index contributed by atoms with van der Waals surface area (Å²) in [5.41, 5.74) is 1.43. The van der Waals surface area contributed by atoms with Gasteiger partial charge in [0.25, 0.3) is 10.0 Å². The first-order valence-electron chi connectivity index (χ1n) is 10.4.